The van der Waals surface area contributed by atoms with Gasteiger partial charge in [-0.15, -0.1) is 0 Å². The molecule has 2 heterocycles. The molecule has 0 aromatic heterocycles. The minimum Gasteiger partial charge on any atom is -0.508 e. The molecule has 1 saturated heterocycles. The number of carbonyl (C=O) groups is 2. The van der Waals surface area contributed by atoms with E-state index in [9.17, 15) is 29.3 Å². The third-order valence-electron chi connectivity index (χ3n) is 9.35. The van der Waals surface area contributed by atoms with E-state index < -0.39 is 40.6 Å². The second kappa shape index (κ2) is 9.21. The highest BCUT2D eigenvalue weighted by molar-refractivity contribution is 6.07. The summed E-state index contributed by atoms with van der Waals surface area (Å²) < 4.78 is 24.8. The third-order valence-corrected chi connectivity index (χ3v) is 9.35. The number of aromatic hydroxyl groups is 1. The predicted molar refractivity (Wildman–Crippen MR) is 143 cm³/mol. The maximum Gasteiger partial charge on any atom is 0.340 e. The zero-order valence-electron chi connectivity index (χ0n) is 22.7. The summed E-state index contributed by atoms with van der Waals surface area (Å²) in [5, 5.41) is 37.2. The van der Waals surface area contributed by atoms with Gasteiger partial charge in [0, 0.05) is 18.2 Å². The Bertz CT molecular complexity index is 1450. The number of esters is 1. The van der Waals surface area contributed by atoms with E-state index in [4.69, 9.17) is 9.47 Å². The lowest BCUT2D eigenvalue weighted by Gasteiger charge is -2.59. The highest BCUT2D eigenvalue weighted by Crippen LogP contribution is 2.63. The van der Waals surface area contributed by atoms with E-state index in [0.29, 0.717) is 30.9 Å². The van der Waals surface area contributed by atoms with E-state index in [0.717, 1.165) is 31.4 Å². The lowest BCUT2D eigenvalue weighted by atomic mass is 9.53. The smallest absolute Gasteiger partial charge is 0.340 e. The molecular weight excluding hydrogens is 519 g/mol. The largest absolute Gasteiger partial charge is 0.508 e. The number of likely N-dealkylation sites (tertiary alicyclic amines) is 1. The summed E-state index contributed by atoms with van der Waals surface area (Å²) in [4.78, 5) is 27.8. The standard InChI is InChI=1S/C30H33FN2O7/c1-15(27(36)32-20-8-7-18(31)13-19(20)28(37)39-3)24(35)26-30-10-11-33(14-16-4-5-16)22(29(30,2)38)12-17-6-9-21(34)25(40-26)23(17)30/h6-9,13,16,22,26,34-35,38H,4-5,10-12,14H2,1-3H3,(H,32,36)/b24-15-/t22-,26+,29-,30+/m1/s1. The van der Waals surface area contributed by atoms with Crippen LogP contribution in [0.4, 0.5) is 10.1 Å². The molecule has 0 unspecified atom stereocenters. The van der Waals surface area contributed by atoms with Crippen LogP contribution in [-0.4, -0.2) is 70.0 Å². The van der Waals surface area contributed by atoms with Crippen molar-refractivity contribution >= 4 is 17.6 Å². The number of methoxy groups -OCH3 is 1. The molecule has 4 aliphatic rings. The van der Waals surface area contributed by atoms with E-state index in [1.165, 1.54) is 25.8 Å². The molecule has 2 aromatic carbocycles. The van der Waals surface area contributed by atoms with Gasteiger partial charge in [-0.3, -0.25) is 9.69 Å². The number of hydrogen-bond donors (Lipinski definition) is 4. The second-order valence-corrected chi connectivity index (χ2v) is 11.6. The van der Waals surface area contributed by atoms with E-state index in [1.807, 2.05) is 6.07 Å². The van der Waals surface area contributed by atoms with Crippen LogP contribution in [0.5, 0.6) is 11.5 Å². The number of rotatable bonds is 6. The van der Waals surface area contributed by atoms with Gasteiger partial charge in [0.05, 0.1) is 34.9 Å². The Balaban J connectivity index is 1.40. The molecule has 4 N–H and O–H groups in total. The van der Waals surface area contributed by atoms with Crippen LogP contribution in [-0.2, 0) is 21.4 Å². The van der Waals surface area contributed by atoms with Crippen LogP contribution in [0.2, 0.25) is 0 Å². The first kappa shape index (κ1) is 26.6. The lowest BCUT2D eigenvalue weighted by molar-refractivity contribution is -0.153. The molecular formula is C30H33FN2O7. The maximum atomic E-state index is 13.8. The van der Waals surface area contributed by atoms with Gasteiger partial charge in [0.15, 0.2) is 17.6 Å². The number of amides is 1. The minimum atomic E-state index is -1.35. The van der Waals surface area contributed by atoms with Crippen LogP contribution in [0.1, 0.15) is 54.6 Å². The fourth-order valence-corrected chi connectivity index (χ4v) is 7.01. The number of phenolic OH excluding ortho intramolecular Hbond substituents is 1. The molecule has 2 aromatic rings. The molecule has 2 fully saturated rings. The molecule has 40 heavy (non-hydrogen) atoms. The van der Waals surface area contributed by atoms with Crippen molar-refractivity contribution in [2.45, 2.75) is 62.7 Å². The van der Waals surface area contributed by atoms with Gasteiger partial charge >= 0.3 is 5.97 Å². The van der Waals surface area contributed by atoms with E-state index >= 15 is 0 Å². The van der Waals surface area contributed by atoms with E-state index in [1.54, 1.807) is 13.0 Å². The molecule has 212 valence electrons. The summed E-state index contributed by atoms with van der Waals surface area (Å²) in [6.07, 6.45) is 2.24. The molecule has 4 atom stereocenters. The Morgan fingerprint density at radius 1 is 1.25 bits per heavy atom. The number of aliphatic hydroxyl groups is 2. The second-order valence-electron chi connectivity index (χ2n) is 11.6. The molecule has 2 aliphatic heterocycles. The molecule has 1 saturated carbocycles. The molecule has 1 amide bonds. The number of aliphatic hydroxyl groups excluding tert-OH is 1. The average Bonchev–Trinajstić information content (AvgIpc) is 3.67. The number of benzene rings is 2. The third kappa shape index (κ3) is 3.80. The monoisotopic (exact) mass is 552 g/mol. The molecule has 10 heteroatoms. The van der Waals surface area contributed by atoms with Gasteiger partial charge in [0.25, 0.3) is 5.91 Å². The molecule has 2 bridgehead atoms. The Morgan fingerprint density at radius 2 is 2.00 bits per heavy atom. The van der Waals surface area contributed by atoms with Crippen LogP contribution >= 0.6 is 0 Å². The molecule has 2 aliphatic carbocycles. The fraction of sp³-hybridized carbons (Fsp3) is 0.467. The summed E-state index contributed by atoms with van der Waals surface area (Å²) in [6.45, 7) is 4.74. The van der Waals surface area contributed by atoms with Gasteiger partial charge in [-0.1, -0.05) is 6.07 Å². The predicted octanol–water partition coefficient (Wildman–Crippen LogP) is 3.58. The highest BCUT2D eigenvalue weighted by atomic mass is 19.1. The lowest BCUT2D eigenvalue weighted by Crippen LogP contribution is -2.73. The average molecular weight is 553 g/mol. The SMILES string of the molecule is COC(=O)c1cc(F)ccc1NC(=O)/C(C)=C(\O)[C@@H]1Oc2c(O)ccc3c2[C@@]12CCN(CC1CC1)[C@H](C3)[C@@]2(C)O. The zero-order chi connectivity index (χ0) is 28.6. The van der Waals surface area contributed by atoms with Crippen LogP contribution in [0.15, 0.2) is 41.7 Å². The van der Waals surface area contributed by atoms with Crippen molar-refractivity contribution in [2.24, 2.45) is 5.92 Å². The number of hydrogen-bond acceptors (Lipinski definition) is 8. The molecule has 6 rings (SSSR count). The number of piperidine rings is 1. The Kier molecular flexibility index (Phi) is 6.12. The number of ether oxygens (including phenoxy) is 2. The first-order valence-electron chi connectivity index (χ1n) is 13.6. The number of nitrogens with zero attached hydrogens (tertiary/aromatic N) is 1. The van der Waals surface area contributed by atoms with Crippen LogP contribution in [0.25, 0.3) is 0 Å². The quantitative estimate of drug-likeness (QED) is 0.243. The number of anilines is 1. The van der Waals surface area contributed by atoms with Crippen molar-refractivity contribution in [1.82, 2.24) is 4.90 Å². The first-order chi connectivity index (χ1) is 19.0. The molecule has 1 spiro atoms. The van der Waals surface area contributed by atoms with Gasteiger partial charge < -0.3 is 30.1 Å². The summed E-state index contributed by atoms with van der Waals surface area (Å²) >= 11 is 0. The summed E-state index contributed by atoms with van der Waals surface area (Å²) in [5.41, 5.74) is -1.12. The minimum absolute atomic E-state index is 0.0113. The Hall–Kier alpha value is -3.63. The van der Waals surface area contributed by atoms with Gasteiger partial charge in [0.1, 0.15) is 11.6 Å². The van der Waals surface area contributed by atoms with Crippen molar-refractivity contribution in [2.75, 3.05) is 25.5 Å². The van der Waals surface area contributed by atoms with Gasteiger partial charge in [-0.05, 0) is 81.8 Å². The van der Waals surface area contributed by atoms with Crippen molar-refractivity contribution < 1.29 is 38.8 Å². The topological polar surface area (TPSA) is 129 Å². The van der Waals surface area contributed by atoms with Crippen LogP contribution in [0, 0.1) is 11.7 Å². The zero-order valence-corrected chi connectivity index (χ0v) is 22.7. The van der Waals surface area contributed by atoms with E-state index in [-0.39, 0.29) is 34.4 Å². The van der Waals surface area contributed by atoms with Gasteiger partial charge in [0.2, 0.25) is 0 Å². The summed E-state index contributed by atoms with van der Waals surface area (Å²) in [6, 6.07) is 6.46. The molecule has 0 radical (unpaired) electrons. The van der Waals surface area contributed by atoms with Crippen molar-refractivity contribution in [1.29, 1.82) is 0 Å². The van der Waals surface area contributed by atoms with Crippen molar-refractivity contribution in [3.8, 4) is 11.5 Å². The number of fused-ring (bicyclic) bond motifs is 1. The number of carbonyl (C=O) groups excluding carboxylic acids is 2. The summed E-state index contributed by atoms with van der Waals surface area (Å²) in [5.74, 6) is -1.91. The van der Waals surface area contributed by atoms with Crippen molar-refractivity contribution in [3.63, 3.8) is 0 Å². The van der Waals surface area contributed by atoms with Crippen molar-refractivity contribution in [3.05, 3.63) is 64.2 Å². The van der Waals surface area contributed by atoms with Gasteiger partial charge in [-0.2, -0.15) is 0 Å². The van der Waals surface area contributed by atoms with Crippen LogP contribution in [0.3, 0.4) is 0 Å². The Labute approximate surface area is 231 Å². The molecule has 9 nitrogen and oxygen atoms in total. The number of phenols is 1. The summed E-state index contributed by atoms with van der Waals surface area (Å²) in [7, 11) is 1.15. The van der Waals surface area contributed by atoms with Crippen LogP contribution < -0.4 is 10.1 Å². The normalized spacial score (nSPS) is 29.2. The maximum absolute atomic E-state index is 13.8. The highest BCUT2D eigenvalue weighted by Gasteiger charge is 2.69. The van der Waals surface area contributed by atoms with E-state index in [2.05, 4.69) is 10.2 Å². The number of nitrogens with one attached hydrogen (secondary N) is 1. The first-order valence-corrected chi connectivity index (χ1v) is 13.6. The number of halogens is 1. The fourth-order valence-electron chi connectivity index (χ4n) is 7.01. The Morgan fingerprint density at radius 3 is 2.70 bits per heavy atom. The van der Waals surface area contributed by atoms with Gasteiger partial charge in [-0.25, -0.2) is 9.18 Å².